The Bertz CT molecular complexity index is 988. The number of hydrogen-bond acceptors (Lipinski definition) is 4. The van der Waals surface area contributed by atoms with E-state index in [0.29, 0.717) is 22.2 Å². The number of nitrogens with zero attached hydrogens (tertiary/aromatic N) is 3. The van der Waals surface area contributed by atoms with Crippen molar-refractivity contribution in [1.29, 1.82) is 10.5 Å². The number of phenols is 1. The Balaban J connectivity index is 2.12. The van der Waals surface area contributed by atoms with Gasteiger partial charge in [0.2, 0.25) is 0 Å². The van der Waals surface area contributed by atoms with Crippen LogP contribution in [0.15, 0.2) is 75.5 Å². The van der Waals surface area contributed by atoms with Crippen LogP contribution in [0.5, 0.6) is 5.75 Å². The normalized spacial score (nSPS) is 14.9. The fourth-order valence-corrected chi connectivity index (χ4v) is 3.83. The van der Waals surface area contributed by atoms with Crippen LogP contribution >= 0.6 is 15.9 Å². The van der Waals surface area contributed by atoms with E-state index in [4.69, 9.17) is 0 Å². The van der Waals surface area contributed by atoms with E-state index >= 15 is 0 Å². The van der Waals surface area contributed by atoms with Gasteiger partial charge in [0.1, 0.15) is 5.75 Å². The maximum absolute atomic E-state index is 9.87. The quantitative estimate of drug-likeness (QED) is 0.727. The Kier molecular flexibility index (Phi) is 5.35. The summed E-state index contributed by atoms with van der Waals surface area (Å²) in [6.07, 6.45) is 0. The van der Waals surface area contributed by atoms with Crippen molar-refractivity contribution in [2.24, 2.45) is 0 Å². The molecular formula is C22H18BrN3O. The monoisotopic (exact) mass is 419 g/mol. The van der Waals surface area contributed by atoms with Crippen molar-refractivity contribution >= 4 is 15.9 Å². The van der Waals surface area contributed by atoms with Crippen LogP contribution < -0.4 is 0 Å². The average molecular weight is 420 g/mol. The van der Waals surface area contributed by atoms with Gasteiger partial charge in [-0.1, -0.05) is 36.4 Å². The van der Waals surface area contributed by atoms with Gasteiger partial charge in [0, 0.05) is 17.9 Å². The molecule has 1 heterocycles. The van der Waals surface area contributed by atoms with Crippen molar-refractivity contribution in [3.63, 3.8) is 0 Å². The Morgan fingerprint density at radius 3 is 2.11 bits per heavy atom. The van der Waals surface area contributed by atoms with E-state index in [1.165, 1.54) is 0 Å². The van der Waals surface area contributed by atoms with E-state index in [9.17, 15) is 15.6 Å². The van der Waals surface area contributed by atoms with E-state index in [-0.39, 0.29) is 5.75 Å². The molecule has 0 saturated carbocycles. The van der Waals surface area contributed by atoms with Gasteiger partial charge >= 0.3 is 0 Å². The first-order valence-electron chi connectivity index (χ1n) is 8.49. The summed E-state index contributed by atoms with van der Waals surface area (Å²) in [4.78, 5) is 2.03. The minimum atomic E-state index is -0.441. The van der Waals surface area contributed by atoms with Crippen molar-refractivity contribution in [2.75, 3.05) is 0 Å². The lowest BCUT2D eigenvalue weighted by molar-refractivity contribution is 0.400. The van der Waals surface area contributed by atoms with Crippen molar-refractivity contribution in [1.82, 2.24) is 4.90 Å². The molecule has 3 rings (SSSR count). The van der Waals surface area contributed by atoms with Gasteiger partial charge in [-0.2, -0.15) is 10.5 Å². The highest BCUT2D eigenvalue weighted by atomic mass is 79.9. The summed E-state index contributed by atoms with van der Waals surface area (Å²) in [5.74, 6) is -0.317. The molecule has 134 valence electrons. The molecule has 0 fully saturated rings. The molecule has 1 aliphatic rings. The van der Waals surface area contributed by atoms with Crippen LogP contribution in [-0.2, 0) is 6.54 Å². The topological polar surface area (TPSA) is 71.0 Å². The third-order valence-corrected chi connectivity index (χ3v) is 5.53. The van der Waals surface area contributed by atoms with Crippen molar-refractivity contribution in [3.05, 3.63) is 86.7 Å². The largest absolute Gasteiger partial charge is 0.507 e. The molecule has 0 aromatic heterocycles. The highest BCUT2D eigenvalue weighted by Crippen LogP contribution is 2.43. The van der Waals surface area contributed by atoms with Crippen molar-refractivity contribution in [3.8, 4) is 17.9 Å². The average Bonchev–Trinajstić information content (AvgIpc) is 2.68. The molecule has 4 nitrogen and oxygen atoms in total. The molecule has 0 bridgehead atoms. The van der Waals surface area contributed by atoms with Gasteiger partial charge in [-0.25, -0.2) is 0 Å². The van der Waals surface area contributed by atoms with Crippen LogP contribution in [-0.4, -0.2) is 10.0 Å². The van der Waals surface area contributed by atoms with Gasteiger partial charge in [0.05, 0.1) is 33.7 Å². The van der Waals surface area contributed by atoms with Crippen LogP contribution in [0.3, 0.4) is 0 Å². The number of benzene rings is 2. The summed E-state index contributed by atoms with van der Waals surface area (Å²) < 4.78 is 0.539. The predicted molar refractivity (Wildman–Crippen MR) is 107 cm³/mol. The van der Waals surface area contributed by atoms with Gasteiger partial charge in [0.25, 0.3) is 0 Å². The second-order valence-corrected chi connectivity index (χ2v) is 7.29. The molecule has 1 N–H and O–H groups in total. The summed E-state index contributed by atoms with van der Waals surface area (Å²) in [6.45, 7) is 4.43. The zero-order valence-electron chi connectivity index (χ0n) is 15.1. The molecule has 2 aromatic rings. The highest BCUT2D eigenvalue weighted by Gasteiger charge is 2.33. The van der Waals surface area contributed by atoms with Gasteiger partial charge < -0.3 is 10.0 Å². The number of allylic oxidation sites excluding steroid dienone is 4. The Morgan fingerprint density at radius 1 is 1.00 bits per heavy atom. The molecule has 0 radical (unpaired) electrons. The lowest BCUT2D eigenvalue weighted by Gasteiger charge is -2.35. The van der Waals surface area contributed by atoms with E-state index in [2.05, 4.69) is 28.1 Å². The smallest absolute Gasteiger partial charge is 0.129 e. The molecule has 0 atom stereocenters. The molecule has 0 unspecified atom stereocenters. The maximum Gasteiger partial charge on any atom is 0.129 e. The number of phenolic OH excluding ortho intramolecular Hbond substituents is 1. The van der Waals surface area contributed by atoms with Gasteiger partial charge in [-0.3, -0.25) is 0 Å². The highest BCUT2D eigenvalue weighted by molar-refractivity contribution is 9.10. The number of nitriles is 2. The zero-order chi connectivity index (χ0) is 19.6. The molecule has 5 heteroatoms. The first-order valence-corrected chi connectivity index (χ1v) is 9.28. The fourth-order valence-electron chi connectivity index (χ4n) is 3.43. The Labute approximate surface area is 167 Å². The van der Waals surface area contributed by atoms with Crippen molar-refractivity contribution in [2.45, 2.75) is 26.3 Å². The molecule has 0 saturated heterocycles. The summed E-state index contributed by atoms with van der Waals surface area (Å²) in [5, 5.41) is 29.5. The maximum atomic E-state index is 9.87. The van der Waals surface area contributed by atoms with E-state index in [1.54, 1.807) is 18.2 Å². The Hall–Kier alpha value is -3.02. The molecule has 0 spiro atoms. The summed E-state index contributed by atoms with van der Waals surface area (Å²) in [7, 11) is 0. The lowest BCUT2D eigenvalue weighted by atomic mass is 9.81. The number of rotatable bonds is 3. The Morgan fingerprint density at radius 2 is 1.59 bits per heavy atom. The molecule has 0 aliphatic carbocycles. The number of hydrogen-bond donors (Lipinski definition) is 1. The first kappa shape index (κ1) is 18.8. The van der Waals surface area contributed by atoms with E-state index in [1.807, 2.05) is 49.1 Å². The molecular weight excluding hydrogens is 402 g/mol. The predicted octanol–water partition coefficient (Wildman–Crippen LogP) is 5.35. The van der Waals surface area contributed by atoms with Gasteiger partial charge in [0.15, 0.2) is 0 Å². The van der Waals surface area contributed by atoms with Crippen LogP contribution in [0.2, 0.25) is 0 Å². The van der Waals surface area contributed by atoms with Gasteiger partial charge in [-0.05, 0) is 53.0 Å². The van der Waals surface area contributed by atoms with E-state index in [0.717, 1.165) is 22.5 Å². The minimum Gasteiger partial charge on any atom is -0.507 e. The second-order valence-electron chi connectivity index (χ2n) is 6.44. The summed E-state index contributed by atoms with van der Waals surface area (Å²) in [5.41, 5.74) is 4.68. The van der Waals surface area contributed by atoms with Gasteiger partial charge in [-0.15, -0.1) is 0 Å². The van der Waals surface area contributed by atoms with Crippen LogP contribution in [0.25, 0.3) is 0 Å². The standard InChI is InChI=1S/C22H18BrN3O/c1-14-18(11-24)22(17-8-9-21(27)20(23)10-17)19(12-25)15(2)26(14)13-16-6-4-3-5-7-16/h3-10,22,27H,13H2,1-2H3. The fraction of sp³-hybridized carbons (Fsp3) is 0.182. The third-order valence-electron chi connectivity index (χ3n) is 4.90. The summed E-state index contributed by atoms with van der Waals surface area (Å²) >= 11 is 3.32. The zero-order valence-corrected chi connectivity index (χ0v) is 16.7. The molecule has 2 aromatic carbocycles. The lowest BCUT2D eigenvalue weighted by Crippen LogP contribution is -2.28. The first-order chi connectivity index (χ1) is 13.0. The molecule has 0 amide bonds. The van der Waals surface area contributed by atoms with Crippen LogP contribution in [0, 0.1) is 22.7 Å². The third kappa shape index (κ3) is 3.47. The van der Waals surface area contributed by atoms with Crippen LogP contribution in [0.1, 0.15) is 30.9 Å². The number of aromatic hydroxyl groups is 1. The molecule has 27 heavy (non-hydrogen) atoms. The second kappa shape index (κ2) is 7.70. The summed E-state index contributed by atoms with van der Waals surface area (Å²) in [6, 6.07) is 19.7. The minimum absolute atomic E-state index is 0.124. The van der Waals surface area contributed by atoms with E-state index < -0.39 is 5.92 Å². The SMILES string of the molecule is CC1=C(C#N)C(c2ccc(O)c(Br)c2)C(C#N)=C(C)N1Cc1ccccc1. The molecule has 1 aliphatic heterocycles. The van der Waals surface area contributed by atoms with Crippen molar-refractivity contribution < 1.29 is 5.11 Å². The van der Waals surface area contributed by atoms with Crippen LogP contribution in [0.4, 0.5) is 0 Å². The number of halogens is 1.